The Hall–Kier alpha value is -1.65. The van der Waals surface area contributed by atoms with Crippen molar-refractivity contribution in [2.45, 2.75) is 24.0 Å². The minimum atomic E-state index is -0.554. The van der Waals surface area contributed by atoms with Crippen LogP contribution in [0.15, 0.2) is 36.9 Å². The SMILES string of the molecule is C=CC12CN(C)C3C1[C@@]1(C(=O)Nc4ccccc41)[C@@H]1C[C@@H]2[C@H]3CO1. The molecule has 0 aromatic heterocycles. The molecule has 4 nitrogen and oxygen atoms in total. The molecule has 24 heavy (non-hydrogen) atoms. The normalized spacial score (nSPS) is 50.4. The van der Waals surface area contributed by atoms with Crippen LogP contribution in [0, 0.1) is 23.2 Å². The molecule has 2 saturated heterocycles. The summed E-state index contributed by atoms with van der Waals surface area (Å²) in [6, 6.07) is 8.64. The smallest absolute Gasteiger partial charge is 0.238 e. The molecule has 1 amide bonds. The van der Waals surface area contributed by atoms with E-state index >= 15 is 0 Å². The third-order valence-corrected chi connectivity index (χ3v) is 7.93. The number of anilines is 1. The van der Waals surface area contributed by atoms with Crippen molar-refractivity contribution in [2.75, 3.05) is 25.5 Å². The molecule has 1 N–H and O–H groups in total. The third-order valence-electron chi connectivity index (χ3n) is 7.93. The van der Waals surface area contributed by atoms with E-state index < -0.39 is 5.41 Å². The second-order valence-corrected chi connectivity index (χ2v) is 8.40. The van der Waals surface area contributed by atoms with Gasteiger partial charge in [-0.25, -0.2) is 0 Å². The van der Waals surface area contributed by atoms with Crippen molar-refractivity contribution < 1.29 is 9.53 Å². The first-order valence-electron chi connectivity index (χ1n) is 9.01. The van der Waals surface area contributed by atoms with Gasteiger partial charge in [0.05, 0.1) is 12.7 Å². The van der Waals surface area contributed by atoms with Gasteiger partial charge < -0.3 is 15.0 Å². The summed E-state index contributed by atoms with van der Waals surface area (Å²) in [4.78, 5) is 15.9. The van der Waals surface area contributed by atoms with Crippen LogP contribution in [0.1, 0.15) is 12.0 Å². The van der Waals surface area contributed by atoms with Crippen molar-refractivity contribution in [3.63, 3.8) is 0 Å². The molecular weight excluding hydrogens is 300 g/mol. The minimum Gasteiger partial charge on any atom is -0.376 e. The molecule has 7 atom stereocenters. The molecule has 1 aromatic carbocycles. The lowest BCUT2D eigenvalue weighted by Crippen LogP contribution is -2.62. The van der Waals surface area contributed by atoms with E-state index in [1.165, 1.54) is 0 Å². The summed E-state index contributed by atoms with van der Waals surface area (Å²) in [7, 11) is 2.21. The number of piperidine rings is 1. The summed E-state index contributed by atoms with van der Waals surface area (Å²) < 4.78 is 6.34. The third kappa shape index (κ3) is 1.12. The Morgan fingerprint density at radius 2 is 2.25 bits per heavy atom. The predicted octanol–water partition coefficient (Wildman–Crippen LogP) is 2.03. The average molecular weight is 322 g/mol. The summed E-state index contributed by atoms with van der Waals surface area (Å²) in [5, 5.41) is 3.18. The van der Waals surface area contributed by atoms with Crippen molar-refractivity contribution in [2.24, 2.45) is 23.2 Å². The molecule has 1 spiro atoms. The van der Waals surface area contributed by atoms with E-state index in [0.29, 0.717) is 17.9 Å². The fourth-order valence-corrected chi connectivity index (χ4v) is 7.38. The minimum absolute atomic E-state index is 0.00280. The van der Waals surface area contributed by atoms with E-state index in [-0.39, 0.29) is 23.3 Å². The molecule has 124 valence electrons. The zero-order valence-electron chi connectivity index (χ0n) is 13.9. The van der Waals surface area contributed by atoms with Crippen molar-refractivity contribution in [3.8, 4) is 0 Å². The number of nitrogens with zero attached hydrogens (tertiary/aromatic N) is 1. The Morgan fingerprint density at radius 3 is 3.08 bits per heavy atom. The van der Waals surface area contributed by atoms with Crippen LogP contribution in [0.2, 0.25) is 0 Å². The summed E-state index contributed by atoms with van der Waals surface area (Å²) >= 11 is 0. The lowest BCUT2D eigenvalue weighted by Gasteiger charge is -2.54. The number of fused-ring (bicyclic) bond motifs is 5. The van der Waals surface area contributed by atoms with Crippen molar-refractivity contribution >= 4 is 11.6 Å². The number of likely N-dealkylation sites (tertiary alicyclic amines) is 1. The van der Waals surface area contributed by atoms with Gasteiger partial charge in [-0.1, -0.05) is 24.3 Å². The van der Waals surface area contributed by atoms with Gasteiger partial charge in [0, 0.05) is 35.5 Å². The van der Waals surface area contributed by atoms with Crippen LogP contribution in [0.4, 0.5) is 5.69 Å². The number of nitrogens with one attached hydrogen (secondary N) is 1. The topological polar surface area (TPSA) is 41.6 Å². The first-order valence-corrected chi connectivity index (χ1v) is 9.01. The van der Waals surface area contributed by atoms with Gasteiger partial charge in [0.2, 0.25) is 5.91 Å². The second-order valence-electron chi connectivity index (χ2n) is 8.40. The summed E-state index contributed by atoms with van der Waals surface area (Å²) in [5.74, 6) is 1.56. The van der Waals surface area contributed by atoms with Crippen LogP contribution in [-0.2, 0) is 14.9 Å². The number of hydrogen-bond donors (Lipinski definition) is 1. The molecule has 3 aliphatic heterocycles. The fourth-order valence-electron chi connectivity index (χ4n) is 7.38. The molecule has 4 fully saturated rings. The van der Waals surface area contributed by atoms with Gasteiger partial charge in [0.1, 0.15) is 5.41 Å². The van der Waals surface area contributed by atoms with Gasteiger partial charge in [-0.15, -0.1) is 6.58 Å². The van der Waals surface area contributed by atoms with E-state index in [9.17, 15) is 4.79 Å². The molecular formula is C20H22N2O2. The molecule has 2 saturated carbocycles. The molecule has 3 heterocycles. The van der Waals surface area contributed by atoms with Gasteiger partial charge in [-0.2, -0.15) is 0 Å². The van der Waals surface area contributed by atoms with Gasteiger partial charge in [-0.05, 0) is 31.0 Å². The summed E-state index contributed by atoms with van der Waals surface area (Å²) in [6.45, 7) is 6.06. The van der Waals surface area contributed by atoms with Crippen LogP contribution >= 0.6 is 0 Å². The van der Waals surface area contributed by atoms with Gasteiger partial charge >= 0.3 is 0 Å². The average Bonchev–Trinajstić information content (AvgIpc) is 3.08. The van der Waals surface area contributed by atoms with Crippen LogP contribution in [0.3, 0.4) is 0 Å². The van der Waals surface area contributed by atoms with E-state index in [0.717, 1.165) is 30.8 Å². The molecule has 3 unspecified atom stereocenters. The highest BCUT2D eigenvalue weighted by Gasteiger charge is 2.79. The van der Waals surface area contributed by atoms with Gasteiger partial charge in [0.15, 0.2) is 0 Å². The highest BCUT2D eigenvalue weighted by atomic mass is 16.5. The molecule has 2 aliphatic carbocycles. The fraction of sp³-hybridized carbons (Fsp3) is 0.550. The van der Waals surface area contributed by atoms with Crippen LogP contribution < -0.4 is 5.32 Å². The highest BCUT2D eigenvalue weighted by Crippen LogP contribution is 2.73. The summed E-state index contributed by atoms with van der Waals surface area (Å²) in [6.07, 6.45) is 3.17. The Bertz CT molecular complexity index is 792. The second kappa shape index (κ2) is 3.94. The Kier molecular flexibility index (Phi) is 2.24. The van der Waals surface area contributed by atoms with Crippen molar-refractivity contribution in [1.29, 1.82) is 0 Å². The monoisotopic (exact) mass is 322 g/mol. The highest BCUT2D eigenvalue weighted by molar-refractivity contribution is 6.07. The zero-order valence-corrected chi connectivity index (χ0v) is 13.9. The number of hydrogen-bond acceptors (Lipinski definition) is 3. The van der Waals surface area contributed by atoms with Crippen LogP contribution in [0.5, 0.6) is 0 Å². The Balaban J connectivity index is 1.69. The van der Waals surface area contributed by atoms with E-state index in [4.69, 9.17) is 4.74 Å². The first kappa shape index (κ1) is 13.6. The number of carbonyl (C=O) groups excluding carboxylic acids is 1. The first-order chi connectivity index (χ1) is 11.6. The van der Waals surface area contributed by atoms with Crippen LogP contribution in [-0.4, -0.2) is 43.2 Å². The molecule has 5 aliphatic rings. The molecule has 4 heteroatoms. The molecule has 1 aromatic rings. The lowest BCUT2D eigenvalue weighted by molar-refractivity contribution is -0.153. The number of para-hydroxylation sites is 1. The number of carbonyl (C=O) groups is 1. The molecule has 5 bridgehead atoms. The predicted molar refractivity (Wildman–Crippen MR) is 90.6 cm³/mol. The van der Waals surface area contributed by atoms with Gasteiger partial charge in [-0.3, -0.25) is 4.79 Å². The van der Waals surface area contributed by atoms with Crippen molar-refractivity contribution in [3.05, 3.63) is 42.5 Å². The number of rotatable bonds is 1. The van der Waals surface area contributed by atoms with Crippen molar-refractivity contribution in [1.82, 2.24) is 4.90 Å². The standard InChI is InChI=1S/C20H22N2O2/c1-3-19-10-22(2)16-11-9-24-15(8-13(11)19)20(17(16)19)12-6-4-5-7-14(12)21-18(20)23/h3-7,11,13,15-17H,1,8-10H2,2H3,(H,21,23)/t11-,13-,15+,16?,17?,19?,20+/m1/s1. The number of amides is 1. The quantitative estimate of drug-likeness (QED) is 0.805. The maximum absolute atomic E-state index is 13.4. The number of benzene rings is 1. The van der Waals surface area contributed by atoms with E-state index in [2.05, 4.69) is 42.1 Å². The maximum Gasteiger partial charge on any atom is 0.238 e. The van der Waals surface area contributed by atoms with Gasteiger partial charge in [0.25, 0.3) is 0 Å². The van der Waals surface area contributed by atoms with E-state index in [1.807, 2.05) is 12.1 Å². The Morgan fingerprint density at radius 1 is 1.42 bits per heavy atom. The molecule has 0 radical (unpaired) electrons. The Labute approximate surface area is 141 Å². The van der Waals surface area contributed by atoms with Crippen LogP contribution in [0.25, 0.3) is 0 Å². The summed E-state index contributed by atoms with van der Waals surface area (Å²) in [5.41, 5.74) is 1.61. The number of ether oxygens (including phenoxy) is 1. The zero-order chi connectivity index (χ0) is 16.3. The maximum atomic E-state index is 13.4. The molecule has 6 rings (SSSR count). The largest absolute Gasteiger partial charge is 0.376 e. The lowest BCUT2D eigenvalue weighted by atomic mass is 9.51. The van der Waals surface area contributed by atoms with E-state index in [1.54, 1.807) is 0 Å².